The molecule has 0 amide bonds. The van der Waals surface area contributed by atoms with E-state index in [1.54, 1.807) is 6.07 Å². The van der Waals surface area contributed by atoms with Crippen molar-refractivity contribution in [1.29, 1.82) is 0 Å². The fraction of sp³-hybridized carbons (Fsp3) is 0.417. The smallest absolute Gasteiger partial charge is 0.338 e. The fourth-order valence-electron chi connectivity index (χ4n) is 1.67. The van der Waals surface area contributed by atoms with Gasteiger partial charge >= 0.3 is 5.97 Å². The van der Waals surface area contributed by atoms with Gasteiger partial charge in [-0.05, 0) is 24.6 Å². The Morgan fingerprint density at radius 3 is 2.82 bits per heavy atom. The SMILES string of the molecule is COC(=O)c1cc(Br)cc(NC2CCO2)c1C. The molecule has 0 radical (unpaired) electrons. The van der Waals surface area contributed by atoms with E-state index in [0.29, 0.717) is 5.56 Å². The zero-order valence-corrected chi connectivity index (χ0v) is 11.3. The van der Waals surface area contributed by atoms with E-state index in [-0.39, 0.29) is 12.2 Å². The van der Waals surface area contributed by atoms with Crippen LogP contribution in [0.3, 0.4) is 0 Å². The van der Waals surface area contributed by atoms with Crippen LogP contribution >= 0.6 is 15.9 Å². The summed E-state index contributed by atoms with van der Waals surface area (Å²) in [6, 6.07) is 3.69. The van der Waals surface area contributed by atoms with Crippen LogP contribution in [-0.2, 0) is 9.47 Å². The minimum absolute atomic E-state index is 0.0495. The zero-order valence-electron chi connectivity index (χ0n) is 9.75. The maximum Gasteiger partial charge on any atom is 0.338 e. The van der Waals surface area contributed by atoms with E-state index in [2.05, 4.69) is 21.2 Å². The lowest BCUT2D eigenvalue weighted by Gasteiger charge is -2.29. The summed E-state index contributed by atoms with van der Waals surface area (Å²) in [6.45, 7) is 2.67. The minimum Gasteiger partial charge on any atom is -0.465 e. The van der Waals surface area contributed by atoms with E-state index in [1.807, 2.05) is 13.0 Å². The molecule has 4 nitrogen and oxygen atoms in total. The van der Waals surface area contributed by atoms with Crippen LogP contribution in [0.15, 0.2) is 16.6 Å². The van der Waals surface area contributed by atoms with Crippen molar-refractivity contribution in [3.05, 3.63) is 27.7 Å². The number of rotatable bonds is 3. The highest BCUT2D eigenvalue weighted by atomic mass is 79.9. The van der Waals surface area contributed by atoms with Crippen LogP contribution in [0, 0.1) is 6.92 Å². The van der Waals surface area contributed by atoms with Crippen molar-refractivity contribution in [2.45, 2.75) is 19.6 Å². The van der Waals surface area contributed by atoms with Gasteiger partial charge < -0.3 is 14.8 Å². The number of methoxy groups -OCH3 is 1. The molecule has 0 bridgehead atoms. The van der Waals surface area contributed by atoms with Gasteiger partial charge in [-0.3, -0.25) is 0 Å². The second kappa shape index (κ2) is 5.06. The first kappa shape index (κ1) is 12.4. The van der Waals surface area contributed by atoms with Crippen LogP contribution in [0.5, 0.6) is 0 Å². The second-order valence-corrected chi connectivity index (χ2v) is 4.83. The third-order valence-electron chi connectivity index (χ3n) is 2.79. The van der Waals surface area contributed by atoms with Gasteiger partial charge in [-0.15, -0.1) is 0 Å². The van der Waals surface area contributed by atoms with E-state index >= 15 is 0 Å². The quantitative estimate of drug-likeness (QED) is 0.872. The number of carbonyl (C=O) groups excluding carboxylic acids is 1. The molecule has 0 aromatic heterocycles. The molecule has 0 spiro atoms. The predicted molar refractivity (Wildman–Crippen MR) is 68.2 cm³/mol. The first-order valence-electron chi connectivity index (χ1n) is 5.38. The average Bonchev–Trinajstić information content (AvgIpc) is 2.26. The van der Waals surface area contributed by atoms with Crippen LogP contribution in [0.4, 0.5) is 5.69 Å². The van der Waals surface area contributed by atoms with E-state index < -0.39 is 0 Å². The number of anilines is 1. The molecule has 0 saturated carbocycles. The summed E-state index contributed by atoms with van der Waals surface area (Å²) < 4.78 is 10.9. The topological polar surface area (TPSA) is 47.6 Å². The summed E-state index contributed by atoms with van der Waals surface area (Å²) in [6.07, 6.45) is 1.04. The van der Waals surface area contributed by atoms with Crippen molar-refractivity contribution in [3.8, 4) is 0 Å². The van der Waals surface area contributed by atoms with Gasteiger partial charge in [0.25, 0.3) is 0 Å². The standard InChI is InChI=1S/C12H14BrNO3/c1-7-9(12(15)16-2)5-8(13)6-10(7)14-11-3-4-17-11/h5-6,11,14H,3-4H2,1-2H3. The van der Waals surface area contributed by atoms with E-state index in [0.717, 1.165) is 28.8 Å². The Bertz CT molecular complexity index is 444. The average molecular weight is 300 g/mol. The van der Waals surface area contributed by atoms with E-state index in [4.69, 9.17) is 9.47 Å². The summed E-state index contributed by atoms with van der Waals surface area (Å²) in [7, 11) is 1.38. The van der Waals surface area contributed by atoms with Crippen LogP contribution < -0.4 is 5.32 Å². The lowest BCUT2D eigenvalue weighted by atomic mass is 10.1. The molecule has 0 aliphatic carbocycles. The Morgan fingerprint density at radius 1 is 1.59 bits per heavy atom. The lowest BCUT2D eigenvalue weighted by molar-refractivity contribution is -0.0313. The maximum absolute atomic E-state index is 11.6. The monoisotopic (exact) mass is 299 g/mol. The van der Waals surface area contributed by atoms with Gasteiger partial charge in [-0.25, -0.2) is 4.79 Å². The summed E-state index contributed by atoms with van der Waals surface area (Å²) in [4.78, 5) is 11.6. The Kier molecular flexibility index (Phi) is 3.69. The molecule has 1 aromatic rings. The fourth-order valence-corrected chi connectivity index (χ4v) is 2.13. The van der Waals surface area contributed by atoms with E-state index in [1.165, 1.54) is 7.11 Å². The summed E-state index contributed by atoms with van der Waals surface area (Å²) >= 11 is 3.39. The number of benzene rings is 1. The molecule has 5 heteroatoms. The van der Waals surface area contributed by atoms with Gasteiger partial charge in [-0.2, -0.15) is 0 Å². The third-order valence-corrected chi connectivity index (χ3v) is 3.25. The van der Waals surface area contributed by atoms with Crippen molar-refractivity contribution in [1.82, 2.24) is 0 Å². The molecule has 17 heavy (non-hydrogen) atoms. The predicted octanol–water partition coefficient (Wildman–Crippen LogP) is 2.70. The number of ether oxygens (including phenoxy) is 2. The molecule has 1 N–H and O–H groups in total. The number of nitrogens with one attached hydrogen (secondary N) is 1. The molecule has 1 unspecified atom stereocenters. The van der Waals surface area contributed by atoms with Crippen molar-refractivity contribution >= 4 is 27.6 Å². The number of esters is 1. The molecule has 1 fully saturated rings. The maximum atomic E-state index is 11.6. The number of hydrogen-bond acceptors (Lipinski definition) is 4. The Morgan fingerprint density at radius 2 is 2.29 bits per heavy atom. The highest BCUT2D eigenvalue weighted by Gasteiger charge is 2.20. The lowest BCUT2D eigenvalue weighted by Crippen LogP contribution is -2.34. The summed E-state index contributed by atoms with van der Waals surface area (Å²) in [5.74, 6) is -0.332. The van der Waals surface area contributed by atoms with Gasteiger partial charge in [0.2, 0.25) is 0 Å². The third kappa shape index (κ3) is 2.61. The summed E-state index contributed by atoms with van der Waals surface area (Å²) in [5.41, 5.74) is 2.32. The highest BCUT2D eigenvalue weighted by Crippen LogP contribution is 2.27. The molecule has 92 valence electrons. The Labute approximate surface area is 108 Å². The molecule has 2 rings (SSSR count). The molecule has 1 aromatic carbocycles. The molecule has 1 heterocycles. The van der Waals surface area contributed by atoms with Crippen LogP contribution in [0.1, 0.15) is 22.3 Å². The first-order chi connectivity index (χ1) is 8.11. The van der Waals surface area contributed by atoms with Crippen molar-refractivity contribution in [2.24, 2.45) is 0 Å². The molecule has 1 aliphatic rings. The summed E-state index contributed by atoms with van der Waals surface area (Å²) in [5, 5.41) is 3.25. The van der Waals surface area contributed by atoms with E-state index in [9.17, 15) is 4.79 Å². The Balaban J connectivity index is 2.30. The first-order valence-corrected chi connectivity index (χ1v) is 6.17. The number of carbonyl (C=O) groups is 1. The largest absolute Gasteiger partial charge is 0.465 e. The van der Waals surface area contributed by atoms with Gasteiger partial charge in [0.1, 0.15) is 6.23 Å². The van der Waals surface area contributed by atoms with Crippen molar-refractivity contribution in [2.75, 3.05) is 19.0 Å². The normalized spacial score (nSPS) is 18.4. The molecule has 1 aliphatic heterocycles. The molecule has 1 atom stereocenters. The van der Waals surface area contributed by atoms with Gasteiger partial charge in [0.15, 0.2) is 0 Å². The van der Waals surface area contributed by atoms with Crippen molar-refractivity contribution in [3.63, 3.8) is 0 Å². The van der Waals surface area contributed by atoms with Gasteiger partial charge in [0.05, 0.1) is 19.3 Å². The van der Waals surface area contributed by atoms with Crippen LogP contribution in [0.2, 0.25) is 0 Å². The molecule has 1 saturated heterocycles. The van der Waals surface area contributed by atoms with Crippen LogP contribution in [0.25, 0.3) is 0 Å². The molecular formula is C12H14BrNO3. The number of hydrogen-bond donors (Lipinski definition) is 1. The van der Waals surface area contributed by atoms with Gasteiger partial charge in [-0.1, -0.05) is 15.9 Å². The molecular weight excluding hydrogens is 286 g/mol. The highest BCUT2D eigenvalue weighted by molar-refractivity contribution is 9.10. The second-order valence-electron chi connectivity index (χ2n) is 3.91. The minimum atomic E-state index is -0.332. The number of halogens is 1. The van der Waals surface area contributed by atoms with Crippen molar-refractivity contribution < 1.29 is 14.3 Å². The Hall–Kier alpha value is -1.07. The van der Waals surface area contributed by atoms with Gasteiger partial charge in [0, 0.05) is 16.6 Å². The van der Waals surface area contributed by atoms with Crippen LogP contribution in [-0.4, -0.2) is 25.9 Å². The zero-order chi connectivity index (χ0) is 12.4.